The molecule has 1 fully saturated rings. The van der Waals surface area contributed by atoms with Gasteiger partial charge < -0.3 is 19.1 Å². The van der Waals surface area contributed by atoms with Crippen LogP contribution in [0.15, 0.2) is 48.7 Å². The second-order valence-corrected chi connectivity index (χ2v) is 8.57. The minimum absolute atomic E-state index is 0.0320. The lowest BCUT2D eigenvalue weighted by molar-refractivity contribution is -0.00156. The Hall–Kier alpha value is -2.83. The van der Waals surface area contributed by atoms with E-state index in [1.807, 2.05) is 30.1 Å². The zero-order valence-electron chi connectivity index (χ0n) is 18.0. The number of rotatable bonds is 4. The summed E-state index contributed by atoms with van der Waals surface area (Å²) in [5, 5.41) is 1.57. The van der Waals surface area contributed by atoms with Gasteiger partial charge in [-0.05, 0) is 48.4 Å². The van der Waals surface area contributed by atoms with Crippen LogP contribution >= 0.6 is 11.6 Å². The monoisotopic (exact) mass is 439 g/mol. The molecule has 0 saturated carbocycles. The zero-order valence-corrected chi connectivity index (χ0v) is 18.7. The van der Waals surface area contributed by atoms with Crippen molar-refractivity contribution in [2.75, 3.05) is 33.9 Å². The summed E-state index contributed by atoms with van der Waals surface area (Å²) in [6, 6.07) is 12.7. The normalized spacial score (nSPS) is 16.5. The SMILES string of the molecule is CN(C)C(=O)c1ccc2c(c1)c(C[C@H]1COCCN1C(=O)c1cccc(Cl)c1)cn2C. The number of nitrogens with zero attached hydrogens (tertiary/aromatic N) is 3. The Morgan fingerprint density at radius 1 is 1.16 bits per heavy atom. The van der Waals surface area contributed by atoms with Gasteiger partial charge in [0.05, 0.1) is 19.3 Å². The molecule has 1 aromatic heterocycles. The van der Waals surface area contributed by atoms with Gasteiger partial charge in [0.2, 0.25) is 0 Å². The summed E-state index contributed by atoms with van der Waals surface area (Å²) in [4.78, 5) is 29.1. The Kier molecular flexibility index (Phi) is 6.03. The van der Waals surface area contributed by atoms with Gasteiger partial charge in [-0.3, -0.25) is 9.59 Å². The van der Waals surface area contributed by atoms with Crippen LogP contribution in [0.5, 0.6) is 0 Å². The molecule has 162 valence electrons. The van der Waals surface area contributed by atoms with Crippen LogP contribution in [-0.4, -0.2) is 66.1 Å². The summed E-state index contributed by atoms with van der Waals surface area (Å²) in [6.07, 6.45) is 2.72. The number of aromatic nitrogens is 1. The van der Waals surface area contributed by atoms with E-state index in [0.717, 1.165) is 16.5 Å². The number of benzene rings is 2. The topological polar surface area (TPSA) is 54.8 Å². The summed E-state index contributed by atoms with van der Waals surface area (Å²) in [5.41, 5.74) is 3.37. The fourth-order valence-electron chi connectivity index (χ4n) is 4.16. The van der Waals surface area contributed by atoms with E-state index in [4.69, 9.17) is 16.3 Å². The molecule has 1 aliphatic rings. The molecule has 0 N–H and O–H groups in total. The van der Waals surface area contributed by atoms with Crippen LogP contribution in [0.1, 0.15) is 26.3 Å². The maximum atomic E-state index is 13.2. The van der Waals surface area contributed by atoms with Crippen LogP contribution in [0.2, 0.25) is 5.02 Å². The lowest BCUT2D eigenvalue weighted by Gasteiger charge is -2.35. The summed E-state index contributed by atoms with van der Waals surface area (Å²) < 4.78 is 7.78. The molecular formula is C24H26ClN3O3. The largest absolute Gasteiger partial charge is 0.377 e. The molecule has 0 aliphatic carbocycles. The molecule has 31 heavy (non-hydrogen) atoms. The Morgan fingerprint density at radius 3 is 2.71 bits per heavy atom. The highest BCUT2D eigenvalue weighted by Crippen LogP contribution is 2.26. The van der Waals surface area contributed by atoms with Crippen LogP contribution in [-0.2, 0) is 18.2 Å². The average molecular weight is 440 g/mol. The van der Waals surface area contributed by atoms with E-state index in [1.54, 1.807) is 43.3 Å². The second-order valence-electron chi connectivity index (χ2n) is 8.14. The molecule has 6 nitrogen and oxygen atoms in total. The van der Waals surface area contributed by atoms with Gasteiger partial charge in [-0.15, -0.1) is 0 Å². The molecule has 0 radical (unpaired) electrons. The Balaban J connectivity index is 1.65. The van der Waals surface area contributed by atoms with Gasteiger partial charge in [0.1, 0.15) is 0 Å². The molecule has 0 bridgehead atoms. The van der Waals surface area contributed by atoms with Gasteiger partial charge in [-0.25, -0.2) is 0 Å². The third-order valence-corrected chi connectivity index (χ3v) is 5.98. The van der Waals surface area contributed by atoms with Gasteiger partial charge in [0.25, 0.3) is 11.8 Å². The van der Waals surface area contributed by atoms with Crippen molar-refractivity contribution in [2.24, 2.45) is 7.05 Å². The second kappa shape index (κ2) is 8.73. The van der Waals surface area contributed by atoms with Crippen molar-refractivity contribution in [1.29, 1.82) is 0 Å². The molecule has 2 aromatic carbocycles. The highest BCUT2D eigenvalue weighted by atomic mass is 35.5. The van der Waals surface area contributed by atoms with Crippen molar-refractivity contribution >= 4 is 34.3 Å². The number of carbonyl (C=O) groups excluding carboxylic acids is 2. The van der Waals surface area contributed by atoms with E-state index in [2.05, 4.69) is 10.8 Å². The molecule has 1 atom stereocenters. The smallest absolute Gasteiger partial charge is 0.254 e. The maximum absolute atomic E-state index is 13.2. The van der Waals surface area contributed by atoms with Gasteiger partial charge in [0, 0.05) is 60.9 Å². The minimum atomic E-state index is -0.0981. The molecule has 1 saturated heterocycles. The lowest BCUT2D eigenvalue weighted by Crippen LogP contribution is -2.49. The van der Waals surface area contributed by atoms with Crippen molar-refractivity contribution in [3.63, 3.8) is 0 Å². The highest BCUT2D eigenvalue weighted by molar-refractivity contribution is 6.30. The first-order valence-corrected chi connectivity index (χ1v) is 10.7. The number of carbonyl (C=O) groups is 2. The first kappa shape index (κ1) is 21.4. The van der Waals surface area contributed by atoms with E-state index in [9.17, 15) is 9.59 Å². The first-order chi connectivity index (χ1) is 14.8. The number of hydrogen-bond acceptors (Lipinski definition) is 3. The summed E-state index contributed by atoms with van der Waals surface area (Å²) >= 11 is 6.10. The molecule has 2 amide bonds. The van der Waals surface area contributed by atoms with Crippen molar-refractivity contribution in [2.45, 2.75) is 12.5 Å². The first-order valence-electron chi connectivity index (χ1n) is 10.3. The zero-order chi connectivity index (χ0) is 22.1. The molecule has 1 aliphatic heterocycles. The lowest BCUT2D eigenvalue weighted by atomic mass is 10.0. The molecular weight excluding hydrogens is 414 g/mol. The minimum Gasteiger partial charge on any atom is -0.377 e. The van der Waals surface area contributed by atoms with Crippen LogP contribution in [0.4, 0.5) is 0 Å². The highest BCUT2D eigenvalue weighted by Gasteiger charge is 2.29. The van der Waals surface area contributed by atoms with E-state index in [1.165, 1.54) is 0 Å². The maximum Gasteiger partial charge on any atom is 0.254 e. The van der Waals surface area contributed by atoms with Crippen molar-refractivity contribution < 1.29 is 14.3 Å². The summed E-state index contributed by atoms with van der Waals surface area (Å²) in [6.45, 7) is 1.52. The van der Waals surface area contributed by atoms with E-state index < -0.39 is 0 Å². The standard InChI is InChI=1S/C24H26ClN3O3/c1-26(2)23(29)17-7-8-22-21(13-17)18(14-27(22)3)12-20-15-31-10-9-28(20)24(30)16-5-4-6-19(25)11-16/h4-8,11,13-14,20H,9-10,12,15H2,1-3H3/t20-/m0/s1. The number of fused-ring (bicyclic) bond motifs is 1. The molecule has 3 aromatic rings. The number of halogens is 1. The van der Waals surface area contributed by atoms with Gasteiger partial charge >= 0.3 is 0 Å². The van der Waals surface area contributed by atoms with Gasteiger partial charge in [0.15, 0.2) is 0 Å². The van der Waals surface area contributed by atoms with Gasteiger partial charge in [-0.1, -0.05) is 17.7 Å². The fourth-order valence-corrected chi connectivity index (χ4v) is 4.35. The summed E-state index contributed by atoms with van der Waals surface area (Å²) in [5.74, 6) is -0.0741. The molecule has 7 heteroatoms. The van der Waals surface area contributed by atoms with E-state index in [0.29, 0.717) is 42.3 Å². The number of hydrogen-bond donors (Lipinski definition) is 0. The van der Waals surface area contributed by atoms with Crippen molar-refractivity contribution in [3.8, 4) is 0 Å². The molecule has 0 unspecified atom stereocenters. The molecule has 4 rings (SSSR count). The number of amides is 2. The number of morpholine rings is 1. The summed E-state index contributed by atoms with van der Waals surface area (Å²) in [7, 11) is 5.49. The Labute approximate surface area is 186 Å². The predicted molar refractivity (Wildman–Crippen MR) is 122 cm³/mol. The predicted octanol–water partition coefficient (Wildman–Crippen LogP) is 3.62. The van der Waals surface area contributed by atoms with Crippen molar-refractivity contribution in [3.05, 3.63) is 70.4 Å². The van der Waals surface area contributed by atoms with Gasteiger partial charge in [-0.2, -0.15) is 0 Å². The third kappa shape index (κ3) is 4.31. The van der Waals surface area contributed by atoms with E-state index >= 15 is 0 Å². The van der Waals surface area contributed by atoms with Crippen LogP contribution in [0, 0.1) is 0 Å². The molecule has 0 spiro atoms. The average Bonchev–Trinajstić information content (AvgIpc) is 3.07. The third-order valence-electron chi connectivity index (χ3n) is 5.74. The van der Waals surface area contributed by atoms with Crippen LogP contribution < -0.4 is 0 Å². The van der Waals surface area contributed by atoms with Crippen LogP contribution in [0.25, 0.3) is 10.9 Å². The van der Waals surface area contributed by atoms with Crippen LogP contribution in [0.3, 0.4) is 0 Å². The Bertz CT molecular complexity index is 1140. The fraction of sp³-hybridized carbons (Fsp3) is 0.333. The quantitative estimate of drug-likeness (QED) is 0.624. The Morgan fingerprint density at radius 2 is 1.97 bits per heavy atom. The molecule has 2 heterocycles. The van der Waals surface area contributed by atoms with E-state index in [-0.39, 0.29) is 17.9 Å². The number of ether oxygens (including phenoxy) is 1. The number of aryl methyl sites for hydroxylation is 1. The van der Waals surface area contributed by atoms with Crippen molar-refractivity contribution in [1.82, 2.24) is 14.4 Å².